The minimum atomic E-state index is -1.70. The highest BCUT2D eigenvalue weighted by molar-refractivity contribution is 6.12. The highest BCUT2D eigenvalue weighted by Gasteiger charge is 2.68. The lowest BCUT2D eigenvalue weighted by Crippen LogP contribution is -2.80. The average Bonchev–Trinajstić information content (AvgIpc) is 2.76. The molecular weight excluding hydrogens is 314 g/mol. The molecule has 9 heteroatoms. The predicted octanol–water partition coefficient (Wildman–Crippen LogP) is 1.16. The number of carbonyl (C=O) groups is 4. The number of rotatable bonds is 5. The molecule has 0 N–H and O–H groups in total. The first-order chi connectivity index (χ1) is 11.4. The maximum Gasteiger partial charge on any atom is 0.331 e. The summed E-state index contributed by atoms with van der Waals surface area (Å²) in [7, 11) is 0. The van der Waals surface area contributed by atoms with Crippen LogP contribution in [-0.4, -0.2) is 87.0 Å². The fourth-order valence-electron chi connectivity index (χ4n) is 3.59. The zero-order chi connectivity index (χ0) is 18.2. The molecule has 0 unspecified atom stereocenters. The maximum absolute atomic E-state index is 13.2. The summed E-state index contributed by atoms with van der Waals surface area (Å²) in [5.41, 5.74) is 0. The molecule has 0 radical (unpaired) electrons. The first kappa shape index (κ1) is 18.0. The van der Waals surface area contributed by atoms with Crippen molar-refractivity contribution in [3.05, 3.63) is 0 Å². The number of hydrogen-bond donors (Lipinski definition) is 0. The summed E-state index contributed by atoms with van der Waals surface area (Å²) in [6, 6.07) is -1.58. The lowest BCUT2D eigenvalue weighted by atomic mass is 10.1. The SMILES string of the molecule is CCN1C(=O)N(CC)C2(C(=O)N(CC)C(=O)N2CC)N(CC)C1=O. The maximum atomic E-state index is 13.2. The number of hydrogen-bond acceptors (Lipinski definition) is 4. The second kappa shape index (κ2) is 6.29. The van der Waals surface area contributed by atoms with Gasteiger partial charge in [0.15, 0.2) is 0 Å². The van der Waals surface area contributed by atoms with Crippen LogP contribution < -0.4 is 0 Å². The van der Waals surface area contributed by atoms with E-state index in [1.807, 2.05) is 0 Å². The van der Waals surface area contributed by atoms with Gasteiger partial charge in [-0.25, -0.2) is 19.3 Å². The molecule has 2 aliphatic heterocycles. The summed E-state index contributed by atoms with van der Waals surface area (Å²) in [6.07, 6.45) is 0. The number of likely N-dealkylation sites (N-methyl/N-ethyl adjacent to an activating group) is 4. The predicted molar refractivity (Wildman–Crippen MR) is 85.8 cm³/mol. The van der Waals surface area contributed by atoms with Crippen LogP contribution in [0.3, 0.4) is 0 Å². The van der Waals surface area contributed by atoms with Crippen molar-refractivity contribution < 1.29 is 19.2 Å². The number of urea groups is 3. The summed E-state index contributed by atoms with van der Waals surface area (Å²) in [4.78, 5) is 57.6. The molecule has 0 aromatic carbocycles. The van der Waals surface area contributed by atoms with Crippen molar-refractivity contribution in [2.45, 2.75) is 40.4 Å². The minimum Gasteiger partial charge on any atom is -0.275 e. The van der Waals surface area contributed by atoms with Crippen LogP contribution in [0.4, 0.5) is 14.4 Å². The number of nitrogens with zero attached hydrogens (tertiary/aromatic N) is 5. The molecule has 2 saturated heterocycles. The molecule has 2 heterocycles. The molecule has 0 aromatic heterocycles. The van der Waals surface area contributed by atoms with E-state index in [4.69, 9.17) is 0 Å². The molecule has 0 aliphatic carbocycles. The van der Waals surface area contributed by atoms with Crippen molar-refractivity contribution in [1.29, 1.82) is 0 Å². The second-order valence-electron chi connectivity index (χ2n) is 5.51. The molecule has 0 aromatic rings. The fraction of sp³-hybridized carbons (Fsp3) is 0.733. The number of carbonyl (C=O) groups excluding carboxylic acids is 4. The molecule has 0 saturated carbocycles. The van der Waals surface area contributed by atoms with E-state index in [-0.39, 0.29) is 32.7 Å². The highest BCUT2D eigenvalue weighted by atomic mass is 16.2. The van der Waals surface area contributed by atoms with Crippen molar-refractivity contribution in [3.8, 4) is 0 Å². The first-order valence-corrected chi connectivity index (χ1v) is 8.42. The van der Waals surface area contributed by atoms with E-state index < -0.39 is 29.8 Å². The Labute approximate surface area is 141 Å². The van der Waals surface area contributed by atoms with Crippen molar-refractivity contribution in [1.82, 2.24) is 24.5 Å². The van der Waals surface area contributed by atoms with Crippen molar-refractivity contribution in [2.75, 3.05) is 32.7 Å². The van der Waals surface area contributed by atoms with Crippen LogP contribution in [0.2, 0.25) is 0 Å². The molecule has 2 rings (SSSR count). The van der Waals surface area contributed by atoms with Gasteiger partial charge in [0, 0.05) is 32.7 Å². The summed E-state index contributed by atoms with van der Waals surface area (Å²) in [5, 5.41) is 0. The van der Waals surface area contributed by atoms with Crippen LogP contribution in [0.5, 0.6) is 0 Å². The number of amides is 7. The van der Waals surface area contributed by atoms with Crippen molar-refractivity contribution in [3.63, 3.8) is 0 Å². The molecule has 2 aliphatic rings. The number of imide groups is 2. The minimum absolute atomic E-state index is 0.185. The van der Waals surface area contributed by atoms with Gasteiger partial charge in [-0.1, -0.05) is 0 Å². The van der Waals surface area contributed by atoms with Crippen LogP contribution >= 0.6 is 0 Å². The molecule has 9 nitrogen and oxygen atoms in total. The molecule has 7 amide bonds. The summed E-state index contributed by atoms with van der Waals surface area (Å²) in [5.74, 6) is -2.25. The molecular formula is C15H25N5O4. The Kier molecular flexibility index (Phi) is 4.73. The Morgan fingerprint density at radius 2 is 0.917 bits per heavy atom. The summed E-state index contributed by atoms with van der Waals surface area (Å²) < 4.78 is 0. The molecule has 24 heavy (non-hydrogen) atoms. The van der Waals surface area contributed by atoms with E-state index >= 15 is 0 Å². The second-order valence-corrected chi connectivity index (χ2v) is 5.51. The molecule has 1 spiro atoms. The van der Waals surface area contributed by atoms with Crippen LogP contribution in [0.15, 0.2) is 0 Å². The average molecular weight is 339 g/mol. The first-order valence-electron chi connectivity index (χ1n) is 8.42. The Morgan fingerprint density at radius 3 is 1.21 bits per heavy atom. The third kappa shape index (κ3) is 1.93. The van der Waals surface area contributed by atoms with Crippen LogP contribution in [0.1, 0.15) is 34.6 Å². The Hall–Kier alpha value is -2.32. The third-order valence-corrected chi connectivity index (χ3v) is 4.63. The van der Waals surface area contributed by atoms with Gasteiger partial charge in [-0.3, -0.25) is 24.4 Å². The van der Waals surface area contributed by atoms with Gasteiger partial charge in [-0.05, 0) is 34.6 Å². The summed E-state index contributed by atoms with van der Waals surface area (Å²) in [6.45, 7) is 9.59. The molecule has 2 fully saturated rings. The smallest absolute Gasteiger partial charge is 0.275 e. The van der Waals surface area contributed by atoms with Gasteiger partial charge in [0.1, 0.15) is 0 Å². The largest absolute Gasteiger partial charge is 0.331 e. The van der Waals surface area contributed by atoms with Gasteiger partial charge < -0.3 is 0 Å². The van der Waals surface area contributed by atoms with Gasteiger partial charge in [-0.2, -0.15) is 0 Å². The quantitative estimate of drug-likeness (QED) is 0.704. The summed E-state index contributed by atoms with van der Waals surface area (Å²) >= 11 is 0. The molecule has 134 valence electrons. The normalized spacial score (nSPS) is 21.0. The van der Waals surface area contributed by atoms with E-state index in [9.17, 15) is 19.2 Å². The zero-order valence-electron chi connectivity index (χ0n) is 14.9. The molecule has 0 bridgehead atoms. The van der Waals surface area contributed by atoms with E-state index in [1.165, 1.54) is 14.7 Å². The van der Waals surface area contributed by atoms with Gasteiger partial charge in [0.25, 0.3) is 11.7 Å². The Morgan fingerprint density at radius 1 is 0.583 bits per heavy atom. The topological polar surface area (TPSA) is 84.5 Å². The van der Waals surface area contributed by atoms with Gasteiger partial charge >= 0.3 is 18.1 Å². The van der Waals surface area contributed by atoms with Crippen LogP contribution in [0, 0.1) is 0 Å². The van der Waals surface area contributed by atoms with Crippen molar-refractivity contribution in [2.24, 2.45) is 0 Å². The third-order valence-electron chi connectivity index (χ3n) is 4.63. The van der Waals surface area contributed by atoms with E-state index in [0.29, 0.717) is 0 Å². The monoisotopic (exact) mass is 339 g/mol. The van der Waals surface area contributed by atoms with E-state index in [0.717, 1.165) is 9.80 Å². The van der Waals surface area contributed by atoms with Gasteiger partial charge in [0.2, 0.25) is 0 Å². The van der Waals surface area contributed by atoms with E-state index in [1.54, 1.807) is 34.6 Å². The van der Waals surface area contributed by atoms with Crippen LogP contribution in [-0.2, 0) is 4.79 Å². The highest BCUT2D eigenvalue weighted by Crippen LogP contribution is 2.38. The van der Waals surface area contributed by atoms with E-state index in [2.05, 4.69) is 0 Å². The fourth-order valence-corrected chi connectivity index (χ4v) is 3.59. The van der Waals surface area contributed by atoms with Gasteiger partial charge in [-0.15, -0.1) is 0 Å². The lowest BCUT2D eigenvalue weighted by Gasteiger charge is -2.54. The Balaban J connectivity index is 2.73. The van der Waals surface area contributed by atoms with Crippen molar-refractivity contribution >= 4 is 24.0 Å². The van der Waals surface area contributed by atoms with Crippen LogP contribution in [0.25, 0.3) is 0 Å². The Bertz CT molecular complexity index is 554. The lowest BCUT2D eigenvalue weighted by molar-refractivity contribution is -0.161. The van der Waals surface area contributed by atoms with Gasteiger partial charge in [0.05, 0.1) is 0 Å². The zero-order valence-corrected chi connectivity index (χ0v) is 14.9. The molecule has 0 atom stereocenters. The standard InChI is InChI=1S/C15H25N5O4/c1-6-16-11(21)15(18(8-3)12(16)22)19(9-4)13(23)17(7-2)14(24)20(15)10-5/h6-10H2,1-5H3.